The lowest BCUT2D eigenvalue weighted by Crippen LogP contribution is -2.36. The summed E-state index contributed by atoms with van der Waals surface area (Å²) in [6, 6.07) is 14.6. The Morgan fingerprint density at radius 3 is 1.07 bits per heavy atom. The van der Waals surface area contributed by atoms with Gasteiger partial charge in [0.05, 0.1) is 22.9 Å². The van der Waals surface area contributed by atoms with Crippen molar-refractivity contribution in [3.05, 3.63) is 69.7 Å². The van der Waals surface area contributed by atoms with Gasteiger partial charge in [-0.05, 0) is 62.1 Å². The minimum Gasteiger partial charge on any atom is -0.349 e. The minimum atomic E-state index is -0.967. The van der Waals surface area contributed by atoms with Crippen LogP contribution < -0.4 is 10.6 Å². The molecule has 0 aliphatic heterocycles. The van der Waals surface area contributed by atoms with Crippen LogP contribution in [-0.4, -0.2) is 20.5 Å². The number of alkyl halides is 4. The number of benzene rings is 2. The maximum Gasteiger partial charge on any atom is 0.230 e. The van der Waals surface area contributed by atoms with Crippen LogP contribution >= 0.6 is 96.6 Å². The first-order valence-electron chi connectivity index (χ1n) is 13.4. The zero-order valence-corrected chi connectivity index (χ0v) is 31.0. The van der Waals surface area contributed by atoms with Crippen molar-refractivity contribution in [1.29, 1.82) is 0 Å². The second kappa shape index (κ2) is 17.3. The van der Waals surface area contributed by atoms with Gasteiger partial charge in [-0.2, -0.15) is 27.0 Å². The average Bonchev–Trinajstić information content (AvgIpc) is 3.57. The van der Waals surface area contributed by atoms with Gasteiger partial charge < -0.3 is 10.6 Å². The molecule has 0 saturated heterocycles. The van der Waals surface area contributed by atoms with Crippen molar-refractivity contribution in [2.24, 2.45) is 22.7 Å². The average molecular weight is 770 g/mol. The van der Waals surface area contributed by atoms with Gasteiger partial charge >= 0.3 is 0 Å². The number of hydrogen-bond acceptors (Lipinski definition) is 2. The topological polar surface area (TPSA) is 58.2 Å². The highest BCUT2D eigenvalue weighted by Crippen LogP contribution is 2.71. The second-order valence-corrected chi connectivity index (χ2v) is 14.5. The second-order valence-electron chi connectivity index (χ2n) is 10.8. The molecule has 12 heteroatoms. The molecule has 2 unspecified atom stereocenters. The molecular weight excluding hydrogens is 721 g/mol. The van der Waals surface area contributed by atoms with Crippen LogP contribution in [0.5, 0.6) is 0 Å². The Kier molecular flexibility index (Phi) is 18.0. The van der Waals surface area contributed by atoms with Crippen molar-refractivity contribution < 1.29 is 9.59 Å². The number of carbonyl (C=O) groups excluding carboxylic acids is 2. The van der Waals surface area contributed by atoms with Crippen molar-refractivity contribution in [1.82, 2.24) is 10.6 Å². The minimum absolute atomic E-state index is 0. The van der Waals surface area contributed by atoms with E-state index < -0.39 is 19.5 Å². The van der Waals surface area contributed by atoms with E-state index in [1.54, 1.807) is 0 Å². The Morgan fingerprint density at radius 2 is 0.886 bits per heavy atom. The Balaban J connectivity index is 0. The van der Waals surface area contributed by atoms with E-state index in [1.807, 2.05) is 90.1 Å². The first-order valence-corrected chi connectivity index (χ1v) is 15.7. The van der Waals surface area contributed by atoms with E-state index >= 15 is 0 Å². The van der Waals surface area contributed by atoms with Gasteiger partial charge in [0, 0.05) is 21.9 Å². The summed E-state index contributed by atoms with van der Waals surface area (Å²) in [5.74, 6) is -0.249. The predicted molar refractivity (Wildman–Crippen MR) is 203 cm³/mol. The smallest absolute Gasteiger partial charge is 0.230 e. The third-order valence-corrected chi connectivity index (χ3v) is 12.1. The summed E-state index contributed by atoms with van der Waals surface area (Å²) >= 11 is 36.7. The monoisotopic (exact) mass is 766 g/mol. The van der Waals surface area contributed by atoms with E-state index in [4.69, 9.17) is 69.6 Å². The number of rotatable bonds is 8. The number of carbonyl (C=O) groups is 2. The molecule has 2 aromatic carbocycles. The van der Waals surface area contributed by atoms with E-state index in [0.717, 1.165) is 11.1 Å². The molecule has 2 fully saturated rings. The highest BCUT2D eigenvalue weighted by molar-refractivity contribution is 7.59. The molecule has 0 radical (unpaired) electrons. The summed E-state index contributed by atoms with van der Waals surface area (Å²) in [6.07, 6.45) is 1.25. The number of amides is 2. The molecular formula is C32H48Cl6N2O2S2. The van der Waals surface area contributed by atoms with E-state index in [0.29, 0.717) is 22.9 Å². The predicted octanol–water partition coefficient (Wildman–Crippen LogP) is 11.0. The highest BCUT2D eigenvalue weighted by Gasteiger charge is 2.77. The molecule has 0 bridgehead atoms. The summed E-state index contributed by atoms with van der Waals surface area (Å²) in [7, 11) is 0. The molecule has 2 aliphatic rings. The standard InChI is InChI=1S/2C15H18Cl3NO.2CH4.2H2S/c2*1-4-14(10(3)15(14,17)18)13(20)19-9(2)11-5-7-12(16)8-6-11;;;;/h2*5-10H,4H2,1-3H3,(H,19,20);2*1H4;2*1H2/t2*9?,10-,14+;;;;/m10..../s1. The fourth-order valence-electron chi connectivity index (χ4n) is 5.70. The van der Waals surface area contributed by atoms with Gasteiger partial charge in [0.2, 0.25) is 11.8 Å². The first-order chi connectivity index (χ1) is 18.5. The van der Waals surface area contributed by atoms with Crippen LogP contribution in [0, 0.1) is 22.7 Å². The van der Waals surface area contributed by atoms with Gasteiger partial charge in [0.1, 0.15) is 8.67 Å². The van der Waals surface area contributed by atoms with Crippen LogP contribution in [0.15, 0.2) is 48.5 Å². The van der Waals surface area contributed by atoms with E-state index in [9.17, 15) is 9.59 Å². The normalized spacial score (nSPS) is 26.2. The fourth-order valence-corrected chi connectivity index (χ4v) is 8.01. The largest absolute Gasteiger partial charge is 0.349 e. The van der Waals surface area contributed by atoms with Crippen molar-refractivity contribution in [2.75, 3.05) is 0 Å². The van der Waals surface area contributed by atoms with Gasteiger partial charge in [-0.25, -0.2) is 0 Å². The van der Waals surface area contributed by atoms with Crippen LogP contribution in [0.1, 0.15) is 92.4 Å². The van der Waals surface area contributed by atoms with Gasteiger partial charge in [-0.15, -0.1) is 46.4 Å². The molecule has 0 heterocycles. The Morgan fingerprint density at radius 1 is 0.659 bits per heavy atom. The van der Waals surface area contributed by atoms with Crippen molar-refractivity contribution in [2.45, 2.75) is 90.0 Å². The lowest BCUT2D eigenvalue weighted by Gasteiger charge is -2.21. The molecule has 44 heavy (non-hydrogen) atoms. The summed E-state index contributed by atoms with van der Waals surface area (Å²) < 4.78 is -1.93. The molecule has 0 aromatic heterocycles. The maximum absolute atomic E-state index is 12.5. The van der Waals surface area contributed by atoms with Crippen molar-refractivity contribution in [3.63, 3.8) is 0 Å². The molecule has 2 saturated carbocycles. The van der Waals surface area contributed by atoms with E-state index in [2.05, 4.69) is 10.6 Å². The number of hydrogen-bond donors (Lipinski definition) is 2. The van der Waals surface area contributed by atoms with Crippen LogP contribution in [0.2, 0.25) is 10.0 Å². The lowest BCUT2D eigenvalue weighted by molar-refractivity contribution is -0.128. The van der Waals surface area contributed by atoms with Gasteiger partial charge in [0.25, 0.3) is 0 Å². The quantitative estimate of drug-likeness (QED) is 0.263. The van der Waals surface area contributed by atoms with Crippen molar-refractivity contribution >= 4 is 108 Å². The third kappa shape index (κ3) is 8.27. The highest BCUT2D eigenvalue weighted by atomic mass is 35.5. The molecule has 2 aromatic rings. The van der Waals surface area contributed by atoms with Gasteiger partial charge in [-0.1, -0.05) is 90.0 Å². The molecule has 2 N–H and O–H groups in total. The van der Waals surface area contributed by atoms with Crippen LogP contribution in [-0.2, 0) is 9.59 Å². The molecule has 252 valence electrons. The van der Waals surface area contributed by atoms with E-state index in [-0.39, 0.29) is 77.6 Å². The Bertz CT molecular complexity index is 1140. The Hall–Kier alpha value is -0.180. The van der Waals surface area contributed by atoms with E-state index in [1.165, 1.54) is 0 Å². The molecule has 2 amide bonds. The first kappa shape index (κ1) is 45.9. The number of nitrogens with one attached hydrogen (secondary N) is 2. The molecule has 2 aliphatic carbocycles. The lowest BCUT2D eigenvalue weighted by atomic mass is 9.98. The van der Waals surface area contributed by atoms with Crippen LogP contribution in [0.3, 0.4) is 0 Å². The summed E-state index contributed by atoms with van der Waals surface area (Å²) in [4.78, 5) is 25.1. The van der Waals surface area contributed by atoms with Crippen LogP contribution in [0.25, 0.3) is 0 Å². The van der Waals surface area contributed by atoms with Crippen molar-refractivity contribution in [3.8, 4) is 0 Å². The SMILES string of the molecule is C.C.CC[C@@]1(C(=O)NC(C)c2ccc(Cl)cc2)[C@@H](C)C1(Cl)Cl.CC[C@]1(C(=O)NC(C)c2ccc(Cl)cc2)[C@H](C)C1(Cl)Cl.S.S. The molecule has 6 atom stereocenters. The van der Waals surface area contributed by atoms with Gasteiger partial charge in [0.15, 0.2) is 0 Å². The van der Waals surface area contributed by atoms with Gasteiger partial charge in [-0.3, -0.25) is 9.59 Å². The zero-order chi connectivity index (χ0) is 30.3. The number of halogens is 6. The maximum atomic E-state index is 12.5. The molecule has 0 spiro atoms. The summed E-state index contributed by atoms with van der Waals surface area (Å²) in [5, 5.41) is 7.36. The third-order valence-electron chi connectivity index (χ3n) is 8.95. The summed E-state index contributed by atoms with van der Waals surface area (Å²) in [5.41, 5.74) is 0.627. The molecule has 4 nitrogen and oxygen atoms in total. The zero-order valence-electron chi connectivity index (χ0n) is 24.4. The fraction of sp³-hybridized carbons (Fsp3) is 0.562. The van der Waals surface area contributed by atoms with Crippen LogP contribution in [0.4, 0.5) is 0 Å². The molecule has 4 rings (SSSR count). The summed E-state index contributed by atoms with van der Waals surface area (Å²) in [6.45, 7) is 11.6. The Labute approximate surface area is 308 Å².